The number of aromatic nitrogens is 1. The van der Waals surface area contributed by atoms with E-state index in [2.05, 4.69) is 70.1 Å². The first-order valence-electron chi connectivity index (χ1n) is 13.1. The fourth-order valence-electron chi connectivity index (χ4n) is 5.42. The molecule has 39 heavy (non-hydrogen) atoms. The van der Waals surface area contributed by atoms with Crippen molar-refractivity contribution < 1.29 is 9.90 Å². The summed E-state index contributed by atoms with van der Waals surface area (Å²) in [5, 5.41) is 11.1. The van der Waals surface area contributed by atoms with E-state index in [1.54, 1.807) is 12.1 Å². The van der Waals surface area contributed by atoms with E-state index in [0.717, 1.165) is 36.0 Å². The van der Waals surface area contributed by atoms with Crippen molar-refractivity contribution in [1.29, 1.82) is 0 Å². The number of rotatable bonds is 10. The van der Waals surface area contributed by atoms with Crippen molar-refractivity contribution >= 4 is 34.2 Å². The molecule has 0 aliphatic heterocycles. The molecular formula is C33H32ClN3O2. The monoisotopic (exact) mass is 537 g/mol. The number of nitrogens with zero attached hydrogens (tertiary/aromatic N) is 2. The molecule has 0 atom stereocenters. The van der Waals surface area contributed by atoms with Crippen molar-refractivity contribution in [3.05, 3.63) is 136 Å². The summed E-state index contributed by atoms with van der Waals surface area (Å²) in [5.41, 5.74) is 13.5. The van der Waals surface area contributed by atoms with E-state index < -0.39 is 5.97 Å². The van der Waals surface area contributed by atoms with E-state index in [0.29, 0.717) is 11.6 Å². The summed E-state index contributed by atoms with van der Waals surface area (Å²) in [7, 11) is 2.03. The SMILES string of the molecule is CN(CCc1c(CCN)n(C(c2ccccc2)c2ccccc2)c2ccc(Cl)cc12)c1ccc(C(=O)O)cc1. The standard InChI is InChI=1S/C33H32ClN3O2/c1-36(27-15-12-25(13-16-27)33(38)39)21-19-28-29-22-26(34)14-17-30(29)37(31(28)18-20-35)32(23-8-4-2-5-9-23)24-10-6-3-7-11-24/h2-17,22,32H,18-21,35H2,1H3,(H,38,39). The van der Waals surface area contributed by atoms with Gasteiger partial charge in [0, 0.05) is 47.3 Å². The van der Waals surface area contributed by atoms with Crippen LogP contribution in [0.2, 0.25) is 5.02 Å². The van der Waals surface area contributed by atoms with E-state index >= 15 is 0 Å². The lowest BCUT2D eigenvalue weighted by molar-refractivity contribution is 0.0697. The molecule has 0 amide bonds. The van der Waals surface area contributed by atoms with Crippen molar-refractivity contribution in [3.8, 4) is 0 Å². The predicted molar refractivity (Wildman–Crippen MR) is 160 cm³/mol. The quantitative estimate of drug-likeness (QED) is 0.205. The molecule has 1 aromatic heterocycles. The number of carbonyl (C=O) groups is 1. The van der Waals surface area contributed by atoms with Crippen molar-refractivity contribution in [3.63, 3.8) is 0 Å². The second-order valence-corrected chi connectivity index (χ2v) is 10.2. The highest BCUT2D eigenvalue weighted by molar-refractivity contribution is 6.31. The highest BCUT2D eigenvalue weighted by Gasteiger charge is 2.25. The molecule has 0 radical (unpaired) electrons. The number of hydrogen-bond acceptors (Lipinski definition) is 3. The van der Waals surface area contributed by atoms with E-state index in [-0.39, 0.29) is 11.6 Å². The summed E-state index contributed by atoms with van der Waals surface area (Å²) in [6, 6.07) is 34.3. The predicted octanol–water partition coefficient (Wildman–Crippen LogP) is 6.81. The maximum atomic E-state index is 11.3. The van der Waals surface area contributed by atoms with Crippen LogP contribution in [0.25, 0.3) is 10.9 Å². The summed E-state index contributed by atoms with van der Waals surface area (Å²) in [5.74, 6) is -0.924. The van der Waals surface area contributed by atoms with Gasteiger partial charge in [-0.1, -0.05) is 72.3 Å². The molecule has 5 nitrogen and oxygen atoms in total. The van der Waals surface area contributed by atoms with Crippen LogP contribution in [0.4, 0.5) is 5.69 Å². The zero-order valence-electron chi connectivity index (χ0n) is 21.9. The minimum Gasteiger partial charge on any atom is -0.478 e. The van der Waals surface area contributed by atoms with E-state index in [1.165, 1.54) is 22.4 Å². The van der Waals surface area contributed by atoms with Gasteiger partial charge in [-0.25, -0.2) is 4.79 Å². The van der Waals surface area contributed by atoms with Crippen LogP contribution in [0.5, 0.6) is 0 Å². The molecule has 0 saturated heterocycles. The number of carboxylic acid groups (broad SMARTS) is 1. The van der Waals surface area contributed by atoms with Gasteiger partial charge < -0.3 is 20.3 Å². The molecule has 4 aromatic carbocycles. The number of hydrogen-bond donors (Lipinski definition) is 2. The number of nitrogens with two attached hydrogens (primary N) is 1. The van der Waals surface area contributed by atoms with Crippen LogP contribution in [0, 0.1) is 0 Å². The van der Waals surface area contributed by atoms with Crippen LogP contribution in [-0.2, 0) is 12.8 Å². The maximum Gasteiger partial charge on any atom is 0.335 e. The summed E-state index contributed by atoms with van der Waals surface area (Å²) in [6.45, 7) is 1.27. The topological polar surface area (TPSA) is 71.5 Å². The maximum absolute atomic E-state index is 11.3. The van der Waals surface area contributed by atoms with Crippen molar-refractivity contribution in [2.75, 3.05) is 25.0 Å². The fourth-order valence-corrected chi connectivity index (χ4v) is 5.59. The van der Waals surface area contributed by atoms with Crippen LogP contribution in [0.3, 0.4) is 0 Å². The average Bonchev–Trinajstić information content (AvgIpc) is 3.25. The number of aromatic carboxylic acids is 1. The third-order valence-electron chi connectivity index (χ3n) is 7.30. The zero-order chi connectivity index (χ0) is 27.4. The van der Waals surface area contributed by atoms with Crippen molar-refractivity contribution in [2.24, 2.45) is 5.73 Å². The molecule has 0 bridgehead atoms. The number of anilines is 1. The fraction of sp³-hybridized carbons (Fsp3) is 0.182. The first-order valence-corrected chi connectivity index (χ1v) is 13.5. The third kappa shape index (κ3) is 5.56. The second-order valence-electron chi connectivity index (χ2n) is 9.74. The van der Waals surface area contributed by atoms with Gasteiger partial charge in [-0.05, 0) is 72.1 Å². The molecule has 5 aromatic rings. The first-order chi connectivity index (χ1) is 19.0. The molecule has 198 valence electrons. The van der Waals surface area contributed by atoms with Gasteiger partial charge >= 0.3 is 5.97 Å². The Labute approximate surface area is 234 Å². The van der Waals surface area contributed by atoms with Gasteiger partial charge in [0.1, 0.15) is 0 Å². The largest absolute Gasteiger partial charge is 0.478 e. The Morgan fingerprint density at radius 3 is 2.08 bits per heavy atom. The summed E-state index contributed by atoms with van der Waals surface area (Å²) in [6.07, 6.45) is 1.52. The number of carboxylic acids is 1. The normalized spacial score (nSPS) is 11.3. The van der Waals surface area contributed by atoms with Crippen LogP contribution in [-0.4, -0.2) is 35.8 Å². The van der Waals surface area contributed by atoms with E-state index in [4.69, 9.17) is 17.3 Å². The molecule has 1 heterocycles. The van der Waals surface area contributed by atoms with Gasteiger partial charge in [-0.2, -0.15) is 0 Å². The lowest BCUT2D eigenvalue weighted by Crippen LogP contribution is -2.22. The number of fused-ring (bicyclic) bond motifs is 1. The van der Waals surface area contributed by atoms with Crippen LogP contribution < -0.4 is 10.6 Å². The molecule has 0 spiro atoms. The van der Waals surface area contributed by atoms with E-state index in [9.17, 15) is 9.90 Å². The molecule has 0 aliphatic carbocycles. The molecule has 0 unspecified atom stereocenters. The molecule has 5 rings (SSSR count). The lowest BCUT2D eigenvalue weighted by atomic mass is 9.97. The molecule has 0 fully saturated rings. The Hall–Kier alpha value is -4.06. The smallest absolute Gasteiger partial charge is 0.335 e. The second kappa shape index (κ2) is 11.8. The number of likely N-dealkylation sites (N-methyl/N-ethyl adjacent to an activating group) is 1. The van der Waals surface area contributed by atoms with Crippen molar-refractivity contribution in [1.82, 2.24) is 4.57 Å². The molecule has 0 saturated carbocycles. The summed E-state index contributed by atoms with van der Waals surface area (Å²) in [4.78, 5) is 13.4. The van der Waals surface area contributed by atoms with Gasteiger partial charge in [0.15, 0.2) is 0 Å². The molecular weight excluding hydrogens is 506 g/mol. The minimum absolute atomic E-state index is 0.0207. The number of benzene rings is 4. The zero-order valence-corrected chi connectivity index (χ0v) is 22.7. The van der Waals surface area contributed by atoms with Gasteiger partial charge in [0.2, 0.25) is 0 Å². The highest BCUT2D eigenvalue weighted by atomic mass is 35.5. The van der Waals surface area contributed by atoms with Gasteiger partial charge in [0.25, 0.3) is 0 Å². The third-order valence-corrected chi connectivity index (χ3v) is 7.54. The first kappa shape index (κ1) is 26.5. The van der Waals surface area contributed by atoms with Gasteiger partial charge in [-0.3, -0.25) is 0 Å². The minimum atomic E-state index is -0.924. The number of halogens is 1. The Bertz CT molecular complexity index is 1520. The van der Waals surface area contributed by atoms with Crippen molar-refractivity contribution in [2.45, 2.75) is 18.9 Å². The van der Waals surface area contributed by atoms with Gasteiger partial charge in [0.05, 0.1) is 11.6 Å². The highest BCUT2D eigenvalue weighted by Crippen LogP contribution is 2.37. The van der Waals surface area contributed by atoms with Crippen LogP contribution in [0.15, 0.2) is 103 Å². The Balaban J connectivity index is 1.62. The Morgan fingerprint density at radius 2 is 1.51 bits per heavy atom. The summed E-state index contributed by atoms with van der Waals surface area (Å²) >= 11 is 6.55. The molecule has 3 N–H and O–H groups in total. The Morgan fingerprint density at radius 1 is 0.897 bits per heavy atom. The Kier molecular flexibility index (Phi) is 8.01. The summed E-state index contributed by atoms with van der Waals surface area (Å²) < 4.78 is 2.44. The van der Waals surface area contributed by atoms with Gasteiger partial charge in [-0.15, -0.1) is 0 Å². The lowest BCUT2D eigenvalue weighted by Gasteiger charge is -2.25. The van der Waals surface area contributed by atoms with Crippen LogP contribution >= 0.6 is 11.6 Å². The average molecular weight is 538 g/mol. The molecule has 6 heteroatoms. The molecule has 0 aliphatic rings. The van der Waals surface area contributed by atoms with E-state index in [1.807, 2.05) is 37.4 Å². The van der Waals surface area contributed by atoms with Crippen LogP contribution in [0.1, 0.15) is 38.8 Å².